The van der Waals surface area contributed by atoms with Gasteiger partial charge in [-0.05, 0) is 40.2 Å². The number of ketones is 1. The van der Waals surface area contributed by atoms with Crippen molar-refractivity contribution in [2.45, 2.75) is 0 Å². The molecule has 0 aliphatic carbocycles. The highest BCUT2D eigenvalue weighted by atomic mass is 79.9. The van der Waals surface area contributed by atoms with E-state index in [1.54, 1.807) is 25.3 Å². The summed E-state index contributed by atoms with van der Waals surface area (Å²) < 4.78 is 5.80. The molecule has 0 amide bonds. The lowest BCUT2D eigenvalue weighted by Crippen LogP contribution is -1.94. The number of carbonyl (C=O) groups is 1. The monoisotopic (exact) mass is 240 g/mol. The number of methoxy groups -OCH3 is 1. The van der Waals surface area contributed by atoms with E-state index in [-0.39, 0.29) is 5.78 Å². The summed E-state index contributed by atoms with van der Waals surface area (Å²) in [4.78, 5) is 11.2. The first-order chi connectivity index (χ1) is 6.19. The van der Waals surface area contributed by atoms with Gasteiger partial charge in [-0.15, -0.1) is 0 Å². The average Bonchev–Trinajstić information content (AvgIpc) is 2.16. The van der Waals surface area contributed by atoms with E-state index in [2.05, 4.69) is 22.5 Å². The van der Waals surface area contributed by atoms with Gasteiger partial charge in [-0.3, -0.25) is 4.79 Å². The molecular formula is C10H9BrO2. The topological polar surface area (TPSA) is 26.3 Å². The summed E-state index contributed by atoms with van der Waals surface area (Å²) in [6, 6.07) is 5.15. The molecule has 0 saturated carbocycles. The molecule has 13 heavy (non-hydrogen) atoms. The van der Waals surface area contributed by atoms with Gasteiger partial charge in [-0.25, -0.2) is 0 Å². The Morgan fingerprint density at radius 3 is 2.77 bits per heavy atom. The summed E-state index contributed by atoms with van der Waals surface area (Å²) in [5.74, 6) is 0.615. The highest BCUT2D eigenvalue weighted by Gasteiger charge is 2.04. The Bertz CT molecular complexity index is 345. The molecule has 1 rings (SSSR count). The molecule has 0 atom stereocenters. The molecule has 0 N–H and O–H groups in total. The SMILES string of the molecule is C=CC(=O)c1ccc(OC)c(Br)c1. The van der Waals surface area contributed by atoms with Gasteiger partial charge in [-0.2, -0.15) is 0 Å². The van der Waals surface area contributed by atoms with Crippen LogP contribution in [0, 0.1) is 0 Å². The predicted molar refractivity (Wildman–Crippen MR) is 55.2 cm³/mol. The van der Waals surface area contributed by atoms with Crippen LogP contribution in [0.15, 0.2) is 35.3 Å². The zero-order valence-corrected chi connectivity index (χ0v) is 8.80. The third-order valence-electron chi connectivity index (χ3n) is 1.62. The number of ether oxygens (including phenoxy) is 1. The standard InChI is InChI=1S/C10H9BrO2/c1-3-9(12)7-4-5-10(13-2)8(11)6-7/h3-6H,1H2,2H3. The fraction of sp³-hybridized carbons (Fsp3) is 0.100. The first-order valence-corrected chi connectivity index (χ1v) is 4.48. The van der Waals surface area contributed by atoms with Gasteiger partial charge >= 0.3 is 0 Å². The van der Waals surface area contributed by atoms with Gasteiger partial charge in [0.1, 0.15) is 5.75 Å². The van der Waals surface area contributed by atoms with Gasteiger partial charge in [0.2, 0.25) is 0 Å². The molecule has 0 radical (unpaired) electrons. The maximum atomic E-state index is 11.2. The van der Waals surface area contributed by atoms with E-state index in [0.29, 0.717) is 11.3 Å². The van der Waals surface area contributed by atoms with Gasteiger partial charge in [0.15, 0.2) is 5.78 Å². The van der Waals surface area contributed by atoms with E-state index in [1.165, 1.54) is 6.08 Å². The Morgan fingerprint density at radius 1 is 1.62 bits per heavy atom. The van der Waals surface area contributed by atoms with Gasteiger partial charge in [0, 0.05) is 5.56 Å². The summed E-state index contributed by atoms with van der Waals surface area (Å²) in [6.07, 6.45) is 1.29. The maximum absolute atomic E-state index is 11.2. The zero-order valence-electron chi connectivity index (χ0n) is 7.21. The number of benzene rings is 1. The number of carbonyl (C=O) groups excluding carboxylic acids is 1. The smallest absolute Gasteiger partial charge is 0.185 e. The van der Waals surface area contributed by atoms with Crippen LogP contribution in [0.1, 0.15) is 10.4 Å². The molecule has 0 aliphatic rings. The van der Waals surface area contributed by atoms with Gasteiger partial charge < -0.3 is 4.74 Å². The number of allylic oxidation sites excluding steroid dienone is 1. The lowest BCUT2D eigenvalue weighted by atomic mass is 10.1. The van der Waals surface area contributed by atoms with Crippen LogP contribution in [-0.4, -0.2) is 12.9 Å². The summed E-state index contributed by atoms with van der Waals surface area (Å²) in [7, 11) is 1.58. The van der Waals surface area contributed by atoms with Crippen molar-refractivity contribution < 1.29 is 9.53 Å². The van der Waals surface area contributed by atoms with E-state index in [9.17, 15) is 4.79 Å². The van der Waals surface area contributed by atoms with E-state index in [4.69, 9.17) is 4.74 Å². The molecule has 0 spiro atoms. The van der Waals surface area contributed by atoms with E-state index >= 15 is 0 Å². The van der Waals surface area contributed by atoms with E-state index in [0.717, 1.165) is 4.47 Å². The lowest BCUT2D eigenvalue weighted by molar-refractivity contribution is 0.104. The van der Waals surface area contributed by atoms with Crippen molar-refractivity contribution in [3.63, 3.8) is 0 Å². The molecule has 3 heteroatoms. The van der Waals surface area contributed by atoms with Gasteiger partial charge in [0.05, 0.1) is 11.6 Å². The first-order valence-electron chi connectivity index (χ1n) is 3.69. The molecule has 0 unspecified atom stereocenters. The minimum atomic E-state index is -0.0941. The quantitative estimate of drug-likeness (QED) is 0.600. The molecular weight excluding hydrogens is 232 g/mol. The molecule has 2 nitrogen and oxygen atoms in total. The van der Waals surface area contributed by atoms with Crippen LogP contribution in [0.4, 0.5) is 0 Å². The Kier molecular flexibility index (Phi) is 3.25. The van der Waals surface area contributed by atoms with Gasteiger partial charge in [-0.1, -0.05) is 6.58 Å². The van der Waals surface area contributed by atoms with Gasteiger partial charge in [0.25, 0.3) is 0 Å². The van der Waals surface area contributed by atoms with E-state index in [1.807, 2.05) is 0 Å². The fourth-order valence-electron chi connectivity index (χ4n) is 0.937. The molecule has 0 bridgehead atoms. The summed E-state index contributed by atoms with van der Waals surface area (Å²) in [5, 5.41) is 0. The van der Waals surface area contributed by atoms with Crippen LogP contribution >= 0.6 is 15.9 Å². The highest BCUT2D eigenvalue weighted by molar-refractivity contribution is 9.10. The fourth-order valence-corrected chi connectivity index (χ4v) is 1.48. The van der Waals surface area contributed by atoms with Crippen LogP contribution in [0.2, 0.25) is 0 Å². The number of hydrogen-bond acceptors (Lipinski definition) is 2. The van der Waals surface area contributed by atoms with Crippen molar-refractivity contribution in [3.8, 4) is 5.75 Å². The average molecular weight is 241 g/mol. The number of rotatable bonds is 3. The highest BCUT2D eigenvalue weighted by Crippen LogP contribution is 2.25. The maximum Gasteiger partial charge on any atom is 0.185 e. The molecule has 1 aromatic carbocycles. The third kappa shape index (κ3) is 2.18. The molecule has 0 aromatic heterocycles. The van der Waals surface area contributed by atoms with Crippen LogP contribution in [-0.2, 0) is 0 Å². The van der Waals surface area contributed by atoms with E-state index < -0.39 is 0 Å². The van der Waals surface area contributed by atoms with Crippen LogP contribution in [0.5, 0.6) is 5.75 Å². The van der Waals surface area contributed by atoms with Crippen molar-refractivity contribution in [1.29, 1.82) is 0 Å². The van der Waals surface area contributed by atoms with Crippen LogP contribution in [0.25, 0.3) is 0 Å². The molecule has 0 saturated heterocycles. The molecule has 1 aromatic rings. The third-order valence-corrected chi connectivity index (χ3v) is 2.24. The van der Waals surface area contributed by atoms with Crippen molar-refractivity contribution >= 4 is 21.7 Å². The first kappa shape index (κ1) is 9.99. The Balaban J connectivity index is 3.09. The van der Waals surface area contributed by atoms with Crippen molar-refractivity contribution in [2.24, 2.45) is 0 Å². The minimum Gasteiger partial charge on any atom is -0.496 e. The second-order valence-electron chi connectivity index (χ2n) is 2.42. The van der Waals surface area contributed by atoms with Crippen molar-refractivity contribution in [1.82, 2.24) is 0 Å². The van der Waals surface area contributed by atoms with Crippen molar-refractivity contribution in [2.75, 3.05) is 7.11 Å². The normalized spacial score (nSPS) is 9.38. The summed E-state index contributed by atoms with van der Waals surface area (Å²) >= 11 is 3.29. The molecule has 0 fully saturated rings. The second kappa shape index (κ2) is 4.23. The number of halogens is 1. The Hall–Kier alpha value is -1.09. The summed E-state index contributed by atoms with van der Waals surface area (Å²) in [6.45, 7) is 3.41. The zero-order chi connectivity index (χ0) is 9.84. The Labute approximate surface area is 85.3 Å². The molecule has 0 heterocycles. The van der Waals surface area contributed by atoms with Crippen molar-refractivity contribution in [3.05, 3.63) is 40.9 Å². The second-order valence-corrected chi connectivity index (χ2v) is 3.27. The summed E-state index contributed by atoms with van der Waals surface area (Å²) in [5.41, 5.74) is 0.600. The molecule has 68 valence electrons. The molecule has 0 aliphatic heterocycles. The Morgan fingerprint density at radius 2 is 2.31 bits per heavy atom. The minimum absolute atomic E-state index is 0.0941. The lowest BCUT2D eigenvalue weighted by Gasteiger charge is -2.03. The van der Waals surface area contributed by atoms with Crippen LogP contribution < -0.4 is 4.74 Å². The van der Waals surface area contributed by atoms with Crippen LogP contribution in [0.3, 0.4) is 0 Å². The number of hydrogen-bond donors (Lipinski definition) is 0. The predicted octanol–water partition coefficient (Wildman–Crippen LogP) is 2.83. The largest absolute Gasteiger partial charge is 0.496 e.